The zero-order valence-corrected chi connectivity index (χ0v) is 8.42. The third kappa shape index (κ3) is 1.34. The lowest BCUT2D eigenvalue weighted by molar-refractivity contribution is 0.478. The summed E-state index contributed by atoms with van der Waals surface area (Å²) in [6.07, 6.45) is 3.01. The van der Waals surface area contributed by atoms with Crippen LogP contribution in [0, 0.1) is 0 Å². The molecule has 0 amide bonds. The summed E-state index contributed by atoms with van der Waals surface area (Å²) in [6.45, 7) is 0. The van der Waals surface area contributed by atoms with E-state index in [-0.39, 0.29) is 5.75 Å². The van der Waals surface area contributed by atoms with Crippen LogP contribution in [0.2, 0.25) is 0 Å². The zero-order chi connectivity index (χ0) is 11.0. The Kier molecular flexibility index (Phi) is 1.90. The van der Waals surface area contributed by atoms with Gasteiger partial charge < -0.3 is 9.52 Å². The summed E-state index contributed by atoms with van der Waals surface area (Å²) >= 11 is 0. The van der Waals surface area contributed by atoms with Gasteiger partial charge >= 0.3 is 0 Å². The third-order valence-electron chi connectivity index (χ3n) is 2.48. The lowest BCUT2D eigenvalue weighted by Crippen LogP contribution is -1.69. The monoisotopic (exact) mass is 211 g/mol. The Morgan fingerprint density at radius 2 is 1.88 bits per heavy atom. The lowest BCUT2D eigenvalue weighted by atomic mass is 10.1. The van der Waals surface area contributed by atoms with Crippen molar-refractivity contribution < 1.29 is 9.52 Å². The van der Waals surface area contributed by atoms with Crippen molar-refractivity contribution in [3.63, 3.8) is 0 Å². The number of benzene rings is 1. The average Bonchev–Trinajstić information content (AvgIpc) is 2.76. The van der Waals surface area contributed by atoms with Gasteiger partial charge in [-0.25, -0.2) is 0 Å². The molecule has 2 heterocycles. The molecule has 3 nitrogen and oxygen atoms in total. The average molecular weight is 211 g/mol. The molecule has 78 valence electrons. The zero-order valence-electron chi connectivity index (χ0n) is 8.42. The minimum Gasteiger partial charge on any atom is -0.506 e. The SMILES string of the molecule is Oc1cncc2oc(-c3ccccc3)cc12. The van der Waals surface area contributed by atoms with E-state index in [1.165, 1.54) is 6.20 Å². The number of nitrogens with zero attached hydrogens (tertiary/aromatic N) is 1. The Morgan fingerprint density at radius 3 is 2.62 bits per heavy atom. The maximum absolute atomic E-state index is 9.61. The Bertz CT molecular complexity index is 629. The molecule has 0 aliphatic heterocycles. The summed E-state index contributed by atoms with van der Waals surface area (Å²) in [4.78, 5) is 3.88. The minimum atomic E-state index is 0.142. The molecule has 0 aliphatic carbocycles. The molecule has 0 unspecified atom stereocenters. The van der Waals surface area contributed by atoms with E-state index in [2.05, 4.69) is 4.98 Å². The molecule has 2 aromatic heterocycles. The predicted octanol–water partition coefficient (Wildman–Crippen LogP) is 3.20. The molecule has 16 heavy (non-hydrogen) atoms. The van der Waals surface area contributed by atoms with E-state index in [0.717, 1.165) is 11.3 Å². The first-order valence-corrected chi connectivity index (χ1v) is 4.96. The minimum absolute atomic E-state index is 0.142. The quantitative estimate of drug-likeness (QED) is 0.672. The van der Waals surface area contributed by atoms with E-state index >= 15 is 0 Å². The molecule has 0 fully saturated rings. The summed E-state index contributed by atoms with van der Waals surface area (Å²) in [5.41, 5.74) is 1.58. The number of aromatic hydroxyl groups is 1. The molecule has 3 aromatic rings. The largest absolute Gasteiger partial charge is 0.506 e. The van der Waals surface area contributed by atoms with Crippen LogP contribution in [0.15, 0.2) is 53.2 Å². The van der Waals surface area contributed by atoms with Gasteiger partial charge in [0.05, 0.1) is 17.8 Å². The molecular formula is C13H9NO2. The van der Waals surface area contributed by atoms with Gasteiger partial charge in [-0.15, -0.1) is 0 Å². The maximum Gasteiger partial charge on any atom is 0.156 e. The number of rotatable bonds is 1. The Hall–Kier alpha value is -2.29. The van der Waals surface area contributed by atoms with Crippen molar-refractivity contribution in [3.05, 3.63) is 48.8 Å². The van der Waals surface area contributed by atoms with Crippen LogP contribution in [0.4, 0.5) is 0 Å². The Balaban J connectivity index is 2.23. The summed E-state index contributed by atoms with van der Waals surface area (Å²) in [5, 5.41) is 10.3. The van der Waals surface area contributed by atoms with Gasteiger partial charge in [-0.05, 0) is 6.07 Å². The fourth-order valence-electron chi connectivity index (χ4n) is 1.69. The molecule has 1 aromatic carbocycles. The second-order valence-corrected chi connectivity index (χ2v) is 3.55. The number of aromatic nitrogens is 1. The first-order valence-electron chi connectivity index (χ1n) is 4.96. The second-order valence-electron chi connectivity index (χ2n) is 3.55. The van der Waals surface area contributed by atoms with Crippen molar-refractivity contribution in [3.8, 4) is 17.1 Å². The smallest absolute Gasteiger partial charge is 0.156 e. The van der Waals surface area contributed by atoms with Gasteiger partial charge in [-0.3, -0.25) is 4.98 Å². The molecule has 0 aliphatic rings. The second kappa shape index (κ2) is 3.38. The molecule has 0 radical (unpaired) electrons. The van der Waals surface area contributed by atoms with Gasteiger partial charge in [0.2, 0.25) is 0 Å². The molecule has 1 N–H and O–H groups in total. The van der Waals surface area contributed by atoms with Crippen LogP contribution in [-0.2, 0) is 0 Å². The van der Waals surface area contributed by atoms with Crippen LogP contribution in [0.25, 0.3) is 22.3 Å². The normalized spacial score (nSPS) is 10.8. The number of pyridine rings is 1. The molecule has 0 saturated carbocycles. The van der Waals surface area contributed by atoms with E-state index in [1.807, 2.05) is 36.4 Å². The third-order valence-corrected chi connectivity index (χ3v) is 2.48. The van der Waals surface area contributed by atoms with Crippen LogP contribution in [0.5, 0.6) is 5.75 Å². The standard InChI is InChI=1S/C13H9NO2/c15-11-7-14-8-13-10(11)6-12(16-13)9-4-2-1-3-5-9/h1-8,15H. The van der Waals surface area contributed by atoms with E-state index < -0.39 is 0 Å². The van der Waals surface area contributed by atoms with Gasteiger partial charge in [0.1, 0.15) is 11.5 Å². The van der Waals surface area contributed by atoms with Gasteiger partial charge in [0.15, 0.2) is 5.58 Å². The van der Waals surface area contributed by atoms with Gasteiger partial charge in [0.25, 0.3) is 0 Å². The van der Waals surface area contributed by atoms with E-state index in [0.29, 0.717) is 11.0 Å². The molecular weight excluding hydrogens is 202 g/mol. The highest BCUT2D eigenvalue weighted by molar-refractivity contribution is 5.87. The molecule has 0 spiro atoms. The fraction of sp³-hybridized carbons (Fsp3) is 0. The molecule has 3 heteroatoms. The van der Waals surface area contributed by atoms with Gasteiger partial charge in [-0.2, -0.15) is 0 Å². The van der Waals surface area contributed by atoms with Gasteiger partial charge in [-0.1, -0.05) is 30.3 Å². The molecule has 0 saturated heterocycles. The summed E-state index contributed by atoms with van der Waals surface area (Å²) in [6, 6.07) is 11.6. The van der Waals surface area contributed by atoms with E-state index in [9.17, 15) is 5.11 Å². The topological polar surface area (TPSA) is 46.3 Å². The highest BCUT2D eigenvalue weighted by Crippen LogP contribution is 2.31. The van der Waals surface area contributed by atoms with E-state index in [1.54, 1.807) is 6.20 Å². The Morgan fingerprint density at radius 1 is 1.06 bits per heavy atom. The summed E-state index contributed by atoms with van der Waals surface area (Å²) < 4.78 is 5.61. The van der Waals surface area contributed by atoms with Crippen LogP contribution in [0.3, 0.4) is 0 Å². The number of hydrogen-bond donors (Lipinski definition) is 1. The van der Waals surface area contributed by atoms with Crippen LogP contribution >= 0.6 is 0 Å². The predicted molar refractivity (Wildman–Crippen MR) is 61.1 cm³/mol. The van der Waals surface area contributed by atoms with Crippen molar-refractivity contribution in [2.75, 3.05) is 0 Å². The van der Waals surface area contributed by atoms with Crippen LogP contribution < -0.4 is 0 Å². The Labute approximate surface area is 92.0 Å². The molecule has 0 bridgehead atoms. The van der Waals surface area contributed by atoms with Crippen LogP contribution in [0.1, 0.15) is 0 Å². The number of furan rings is 1. The van der Waals surface area contributed by atoms with Gasteiger partial charge in [0, 0.05) is 5.56 Å². The highest BCUT2D eigenvalue weighted by Gasteiger charge is 2.08. The van der Waals surface area contributed by atoms with E-state index in [4.69, 9.17) is 4.42 Å². The van der Waals surface area contributed by atoms with Crippen molar-refractivity contribution in [2.45, 2.75) is 0 Å². The molecule has 0 atom stereocenters. The van der Waals surface area contributed by atoms with Crippen molar-refractivity contribution in [1.29, 1.82) is 0 Å². The first-order chi connectivity index (χ1) is 7.84. The number of fused-ring (bicyclic) bond motifs is 1. The number of hydrogen-bond acceptors (Lipinski definition) is 3. The highest BCUT2D eigenvalue weighted by atomic mass is 16.3. The lowest BCUT2D eigenvalue weighted by Gasteiger charge is -1.93. The maximum atomic E-state index is 9.61. The van der Waals surface area contributed by atoms with Crippen molar-refractivity contribution in [2.24, 2.45) is 0 Å². The van der Waals surface area contributed by atoms with Crippen LogP contribution in [-0.4, -0.2) is 10.1 Å². The van der Waals surface area contributed by atoms with Crippen molar-refractivity contribution >= 4 is 11.0 Å². The summed E-state index contributed by atoms with van der Waals surface area (Å²) in [7, 11) is 0. The van der Waals surface area contributed by atoms with Crippen molar-refractivity contribution in [1.82, 2.24) is 4.98 Å². The first kappa shape index (κ1) is 8.97. The fourth-order valence-corrected chi connectivity index (χ4v) is 1.69. The molecule has 3 rings (SSSR count). The summed E-state index contributed by atoms with van der Waals surface area (Å²) in [5.74, 6) is 0.877.